The van der Waals surface area contributed by atoms with Crippen LogP contribution >= 0.6 is 27.5 Å². The fourth-order valence-electron chi connectivity index (χ4n) is 3.50. The molecule has 3 heteroatoms. The normalized spacial score (nSPS) is 32.3. The van der Waals surface area contributed by atoms with Gasteiger partial charge in [-0.05, 0) is 48.3 Å². The zero-order chi connectivity index (χ0) is 12.0. The molecule has 3 unspecified atom stereocenters. The molecule has 0 spiro atoms. The lowest BCUT2D eigenvalue weighted by Crippen LogP contribution is -2.16. The number of hydrogen-bond donors (Lipinski definition) is 1. The van der Waals surface area contributed by atoms with E-state index < -0.39 is 0 Å². The molecular formula is C14H16BrClO. The molecule has 0 aromatic heterocycles. The molecule has 1 aromatic carbocycles. The summed E-state index contributed by atoms with van der Waals surface area (Å²) in [6.07, 6.45) is 4.49. The number of benzene rings is 1. The lowest BCUT2D eigenvalue weighted by Gasteiger charge is -2.13. The Morgan fingerprint density at radius 1 is 1.35 bits per heavy atom. The van der Waals surface area contributed by atoms with E-state index in [1.165, 1.54) is 19.3 Å². The summed E-state index contributed by atoms with van der Waals surface area (Å²) < 4.78 is 0.990. The number of aliphatic hydroxyl groups is 1. The molecule has 2 fully saturated rings. The monoisotopic (exact) mass is 314 g/mol. The Balaban J connectivity index is 1.66. The van der Waals surface area contributed by atoms with Gasteiger partial charge in [-0.25, -0.2) is 0 Å². The molecule has 2 aliphatic carbocycles. The van der Waals surface area contributed by atoms with Crippen LogP contribution < -0.4 is 0 Å². The maximum Gasteiger partial charge on any atom is 0.0614 e. The third-order valence-corrected chi connectivity index (χ3v) is 5.21. The molecule has 17 heavy (non-hydrogen) atoms. The van der Waals surface area contributed by atoms with E-state index in [0.29, 0.717) is 12.3 Å². The lowest BCUT2D eigenvalue weighted by atomic mass is 10.00. The average Bonchev–Trinajstić information content (AvgIpc) is 2.77. The van der Waals surface area contributed by atoms with Gasteiger partial charge in [0.1, 0.15) is 0 Å². The van der Waals surface area contributed by atoms with Crippen LogP contribution in [0.5, 0.6) is 0 Å². The Bertz CT molecular complexity index is 424. The molecule has 3 rings (SSSR count). The third-order valence-electron chi connectivity index (χ3n) is 4.36. The van der Waals surface area contributed by atoms with Crippen molar-refractivity contribution in [3.05, 3.63) is 33.3 Å². The van der Waals surface area contributed by atoms with Gasteiger partial charge >= 0.3 is 0 Å². The second-order valence-corrected chi connectivity index (χ2v) is 6.67. The molecule has 2 aliphatic rings. The van der Waals surface area contributed by atoms with Gasteiger partial charge in [0.2, 0.25) is 0 Å². The Morgan fingerprint density at radius 3 is 2.71 bits per heavy atom. The van der Waals surface area contributed by atoms with Gasteiger partial charge in [-0.3, -0.25) is 0 Å². The second-order valence-electron chi connectivity index (χ2n) is 5.34. The molecule has 1 nitrogen and oxygen atoms in total. The zero-order valence-electron chi connectivity index (χ0n) is 9.57. The predicted octanol–water partition coefficient (Wildman–Crippen LogP) is 4.05. The van der Waals surface area contributed by atoms with E-state index in [0.717, 1.165) is 26.9 Å². The highest BCUT2D eigenvalue weighted by atomic mass is 79.9. The average molecular weight is 316 g/mol. The van der Waals surface area contributed by atoms with Crippen LogP contribution in [-0.2, 0) is 6.42 Å². The molecule has 0 amide bonds. The van der Waals surface area contributed by atoms with Crippen molar-refractivity contribution in [2.45, 2.75) is 31.8 Å². The Hall–Kier alpha value is -0.0500. The molecule has 2 saturated carbocycles. The van der Waals surface area contributed by atoms with Crippen LogP contribution in [0.4, 0.5) is 0 Å². The molecule has 0 saturated heterocycles. The fraction of sp³-hybridized carbons (Fsp3) is 0.571. The first-order chi connectivity index (χ1) is 8.16. The predicted molar refractivity (Wildman–Crippen MR) is 73.2 cm³/mol. The van der Waals surface area contributed by atoms with Gasteiger partial charge < -0.3 is 5.11 Å². The van der Waals surface area contributed by atoms with Crippen molar-refractivity contribution >= 4 is 27.5 Å². The molecule has 0 bridgehead atoms. The zero-order valence-corrected chi connectivity index (χ0v) is 11.9. The summed E-state index contributed by atoms with van der Waals surface area (Å²) in [5, 5.41) is 11.0. The summed E-state index contributed by atoms with van der Waals surface area (Å²) in [4.78, 5) is 0. The van der Waals surface area contributed by atoms with Crippen molar-refractivity contribution in [2.24, 2.45) is 17.8 Å². The molecule has 0 radical (unpaired) electrons. The van der Waals surface area contributed by atoms with Crippen molar-refractivity contribution in [3.63, 3.8) is 0 Å². The topological polar surface area (TPSA) is 20.2 Å². The van der Waals surface area contributed by atoms with Gasteiger partial charge in [-0.2, -0.15) is 0 Å². The summed E-state index contributed by atoms with van der Waals surface area (Å²) in [6.45, 7) is 0. The van der Waals surface area contributed by atoms with Crippen molar-refractivity contribution in [1.29, 1.82) is 0 Å². The molecule has 3 atom stereocenters. The fourth-order valence-corrected chi connectivity index (χ4v) is 4.25. The van der Waals surface area contributed by atoms with E-state index in [-0.39, 0.29) is 6.10 Å². The van der Waals surface area contributed by atoms with Crippen LogP contribution in [0.2, 0.25) is 5.02 Å². The van der Waals surface area contributed by atoms with E-state index in [1.54, 1.807) is 0 Å². The summed E-state index contributed by atoms with van der Waals surface area (Å²) in [7, 11) is 0. The smallest absolute Gasteiger partial charge is 0.0614 e. The summed E-state index contributed by atoms with van der Waals surface area (Å²) in [5.74, 6) is 2.15. The highest BCUT2D eigenvalue weighted by Crippen LogP contribution is 2.59. The minimum absolute atomic E-state index is 0.205. The highest BCUT2D eigenvalue weighted by Gasteiger charge is 2.55. The van der Waals surface area contributed by atoms with E-state index in [9.17, 15) is 5.11 Å². The first-order valence-corrected chi connectivity index (χ1v) is 7.46. The van der Waals surface area contributed by atoms with Crippen LogP contribution in [-0.4, -0.2) is 11.2 Å². The number of aliphatic hydroxyl groups excluding tert-OH is 1. The van der Waals surface area contributed by atoms with Crippen LogP contribution in [0.15, 0.2) is 22.7 Å². The van der Waals surface area contributed by atoms with Crippen LogP contribution in [0.3, 0.4) is 0 Å². The molecule has 0 heterocycles. The third kappa shape index (κ3) is 2.27. The number of hydrogen-bond acceptors (Lipinski definition) is 1. The first kappa shape index (κ1) is 12.0. The largest absolute Gasteiger partial charge is 0.392 e. The number of halogens is 2. The highest BCUT2D eigenvalue weighted by molar-refractivity contribution is 9.10. The Kier molecular flexibility index (Phi) is 3.22. The molecule has 92 valence electrons. The minimum atomic E-state index is -0.205. The van der Waals surface area contributed by atoms with Crippen LogP contribution in [0.1, 0.15) is 24.8 Å². The van der Waals surface area contributed by atoms with E-state index in [2.05, 4.69) is 15.9 Å². The second kappa shape index (κ2) is 4.56. The molecule has 0 aliphatic heterocycles. The SMILES string of the molecule is OC(Cc1ccc(Br)cc1Cl)C1C2CCCC21. The number of fused-ring (bicyclic) bond motifs is 1. The van der Waals surface area contributed by atoms with Gasteiger partial charge in [-0.1, -0.05) is 40.0 Å². The van der Waals surface area contributed by atoms with Crippen molar-refractivity contribution in [2.75, 3.05) is 0 Å². The van der Waals surface area contributed by atoms with Gasteiger partial charge in [-0.15, -0.1) is 0 Å². The standard InChI is InChI=1S/C14H16BrClO/c15-9-5-4-8(12(16)7-9)6-13(17)14-10-2-1-3-11(10)14/h4-5,7,10-11,13-14,17H,1-3,6H2. The molecule has 1 aromatic rings. The Morgan fingerprint density at radius 2 is 2.06 bits per heavy atom. The van der Waals surface area contributed by atoms with Crippen molar-refractivity contribution < 1.29 is 5.11 Å². The maximum absolute atomic E-state index is 10.3. The van der Waals surface area contributed by atoms with Crippen molar-refractivity contribution in [3.8, 4) is 0 Å². The van der Waals surface area contributed by atoms with Gasteiger partial charge in [0.05, 0.1) is 6.10 Å². The molecule has 1 N–H and O–H groups in total. The van der Waals surface area contributed by atoms with Crippen molar-refractivity contribution in [1.82, 2.24) is 0 Å². The van der Waals surface area contributed by atoms with Gasteiger partial charge in [0.15, 0.2) is 0 Å². The van der Waals surface area contributed by atoms with E-state index in [1.807, 2.05) is 18.2 Å². The minimum Gasteiger partial charge on any atom is -0.392 e. The Labute approximate surface area is 115 Å². The summed E-state index contributed by atoms with van der Waals surface area (Å²) >= 11 is 9.57. The summed E-state index contributed by atoms with van der Waals surface area (Å²) in [6, 6.07) is 5.90. The van der Waals surface area contributed by atoms with E-state index in [4.69, 9.17) is 11.6 Å². The van der Waals surface area contributed by atoms with Gasteiger partial charge in [0.25, 0.3) is 0 Å². The molecular weight excluding hydrogens is 300 g/mol. The maximum atomic E-state index is 10.3. The summed E-state index contributed by atoms with van der Waals surface area (Å²) in [5.41, 5.74) is 1.06. The van der Waals surface area contributed by atoms with Gasteiger partial charge in [0, 0.05) is 15.9 Å². The quantitative estimate of drug-likeness (QED) is 0.892. The van der Waals surface area contributed by atoms with Crippen LogP contribution in [0, 0.1) is 17.8 Å². The van der Waals surface area contributed by atoms with Crippen LogP contribution in [0.25, 0.3) is 0 Å². The first-order valence-electron chi connectivity index (χ1n) is 6.29. The van der Waals surface area contributed by atoms with E-state index >= 15 is 0 Å². The number of rotatable bonds is 3. The lowest BCUT2D eigenvalue weighted by molar-refractivity contribution is 0.135.